The fraction of sp³-hybridized carbons (Fsp3) is 0.227. The summed E-state index contributed by atoms with van der Waals surface area (Å²) in [5, 5.41) is 2.95. The Hall–Kier alpha value is -3.41. The standard InChI is InChI=1S/C22H23N5O/c1-17-6-2-3-7-19(17)25-22(28)20-16-18(9-11-23-20)26-12-14-27(15-13-26)21-8-4-5-10-24-21/h2-11,16H,12-15H2,1H3,(H,25,28). The number of benzene rings is 1. The largest absolute Gasteiger partial charge is 0.368 e. The molecule has 0 radical (unpaired) electrons. The molecule has 2 aromatic heterocycles. The number of anilines is 3. The summed E-state index contributed by atoms with van der Waals surface area (Å²) in [7, 11) is 0. The van der Waals surface area contributed by atoms with Crippen molar-refractivity contribution in [2.75, 3.05) is 41.3 Å². The van der Waals surface area contributed by atoms with E-state index in [0.717, 1.165) is 48.9 Å². The number of hydrogen-bond donors (Lipinski definition) is 1. The Morgan fingerprint density at radius 3 is 2.39 bits per heavy atom. The van der Waals surface area contributed by atoms with Gasteiger partial charge in [0, 0.05) is 49.9 Å². The molecule has 3 heterocycles. The summed E-state index contributed by atoms with van der Waals surface area (Å²) in [6.07, 6.45) is 3.52. The predicted octanol–water partition coefficient (Wildman–Crippen LogP) is 3.36. The lowest BCUT2D eigenvalue weighted by Crippen LogP contribution is -2.46. The average Bonchev–Trinajstić information content (AvgIpc) is 2.76. The van der Waals surface area contributed by atoms with Gasteiger partial charge in [-0.1, -0.05) is 24.3 Å². The minimum atomic E-state index is -0.191. The van der Waals surface area contributed by atoms with Crippen LogP contribution < -0.4 is 15.1 Å². The van der Waals surface area contributed by atoms with Gasteiger partial charge in [0.25, 0.3) is 5.91 Å². The molecule has 1 aliphatic heterocycles. The van der Waals surface area contributed by atoms with Crippen LogP contribution in [-0.4, -0.2) is 42.1 Å². The van der Waals surface area contributed by atoms with Crippen LogP contribution >= 0.6 is 0 Å². The highest BCUT2D eigenvalue weighted by molar-refractivity contribution is 6.03. The number of amides is 1. The van der Waals surface area contributed by atoms with Crippen molar-refractivity contribution in [3.63, 3.8) is 0 Å². The van der Waals surface area contributed by atoms with Crippen LogP contribution in [0.4, 0.5) is 17.2 Å². The normalized spacial score (nSPS) is 14.0. The molecule has 0 spiro atoms. The van der Waals surface area contributed by atoms with Gasteiger partial charge in [-0.3, -0.25) is 9.78 Å². The lowest BCUT2D eigenvalue weighted by molar-refractivity contribution is 0.102. The van der Waals surface area contributed by atoms with Crippen molar-refractivity contribution in [2.24, 2.45) is 0 Å². The lowest BCUT2D eigenvalue weighted by Gasteiger charge is -2.36. The number of carbonyl (C=O) groups is 1. The fourth-order valence-corrected chi connectivity index (χ4v) is 3.37. The minimum Gasteiger partial charge on any atom is -0.368 e. The molecule has 3 aromatic rings. The van der Waals surface area contributed by atoms with Crippen molar-refractivity contribution in [3.05, 3.63) is 78.2 Å². The minimum absolute atomic E-state index is 0.191. The third-order valence-electron chi connectivity index (χ3n) is 4.99. The van der Waals surface area contributed by atoms with Crippen molar-refractivity contribution >= 4 is 23.1 Å². The molecule has 28 heavy (non-hydrogen) atoms. The number of piperazine rings is 1. The zero-order valence-corrected chi connectivity index (χ0v) is 15.9. The van der Waals surface area contributed by atoms with Gasteiger partial charge in [-0.25, -0.2) is 4.98 Å². The summed E-state index contributed by atoms with van der Waals surface area (Å²) >= 11 is 0. The van der Waals surface area contributed by atoms with E-state index in [1.165, 1.54) is 0 Å². The summed E-state index contributed by atoms with van der Waals surface area (Å²) in [5.41, 5.74) is 3.28. The summed E-state index contributed by atoms with van der Waals surface area (Å²) < 4.78 is 0. The third-order valence-corrected chi connectivity index (χ3v) is 4.99. The molecule has 6 nitrogen and oxygen atoms in total. The quantitative estimate of drug-likeness (QED) is 0.760. The molecule has 1 saturated heterocycles. The van der Waals surface area contributed by atoms with Gasteiger partial charge < -0.3 is 15.1 Å². The van der Waals surface area contributed by atoms with E-state index in [9.17, 15) is 4.79 Å². The average molecular weight is 373 g/mol. The molecule has 142 valence electrons. The first-order chi connectivity index (χ1) is 13.7. The Labute approximate surface area is 164 Å². The second-order valence-electron chi connectivity index (χ2n) is 6.83. The second-order valence-corrected chi connectivity index (χ2v) is 6.83. The maximum Gasteiger partial charge on any atom is 0.274 e. The number of aromatic nitrogens is 2. The highest BCUT2D eigenvalue weighted by Gasteiger charge is 2.19. The maximum atomic E-state index is 12.6. The molecule has 0 aliphatic carbocycles. The molecular formula is C22H23N5O. The van der Waals surface area contributed by atoms with Gasteiger partial charge in [-0.2, -0.15) is 0 Å². The van der Waals surface area contributed by atoms with E-state index in [2.05, 4.69) is 25.1 Å². The molecule has 1 amide bonds. The highest BCUT2D eigenvalue weighted by atomic mass is 16.1. The van der Waals surface area contributed by atoms with Crippen molar-refractivity contribution < 1.29 is 4.79 Å². The number of para-hydroxylation sites is 1. The van der Waals surface area contributed by atoms with Gasteiger partial charge in [0.2, 0.25) is 0 Å². The summed E-state index contributed by atoms with van der Waals surface area (Å²) in [5.74, 6) is 0.818. The number of carbonyl (C=O) groups excluding carboxylic acids is 1. The van der Waals surface area contributed by atoms with Gasteiger partial charge in [0.15, 0.2) is 0 Å². The smallest absolute Gasteiger partial charge is 0.274 e. The number of nitrogens with zero attached hydrogens (tertiary/aromatic N) is 4. The molecule has 1 fully saturated rings. The van der Waals surface area contributed by atoms with Gasteiger partial charge in [0.1, 0.15) is 11.5 Å². The topological polar surface area (TPSA) is 61.4 Å². The SMILES string of the molecule is Cc1ccccc1NC(=O)c1cc(N2CCN(c3ccccn3)CC2)ccn1. The first kappa shape index (κ1) is 18.0. The number of rotatable bonds is 4. The van der Waals surface area contributed by atoms with Crippen LogP contribution in [0.2, 0.25) is 0 Å². The van der Waals surface area contributed by atoms with E-state index < -0.39 is 0 Å². The zero-order valence-electron chi connectivity index (χ0n) is 15.9. The Morgan fingerprint density at radius 1 is 0.893 bits per heavy atom. The van der Waals surface area contributed by atoms with E-state index in [1.807, 2.05) is 67.7 Å². The zero-order chi connectivity index (χ0) is 19.3. The van der Waals surface area contributed by atoms with E-state index in [1.54, 1.807) is 6.20 Å². The molecule has 0 bridgehead atoms. The number of nitrogens with one attached hydrogen (secondary N) is 1. The van der Waals surface area contributed by atoms with Crippen molar-refractivity contribution in [1.82, 2.24) is 9.97 Å². The molecule has 0 atom stereocenters. The van der Waals surface area contributed by atoms with Gasteiger partial charge in [-0.05, 0) is 42.8 Å². The van der Waals surface area contributed by atoms with Crippen LogP contribution in [-0.2, 0) is 0 Å². The van der Waals surface area contributed by atoms with Crippen LogP contribution in [0, 0.1) is 6.92 Å². The monoisotopic (exact) mass is 373 g/mol. The van der Waals surface area contributed by atoms with Gasteiger partial charge in [0.05, 0.1) is 0 Å². The van der Waals surface area contributed by atoms with E-state index in [-0.39, 0.29) is 5.91 Å². The predicted molar refractivity (Wildman–Crippen MR) is 112 cm³/mol. The Balaban J connectivity index is 1.43. The van der Waals surface area contributed by atoms with Crippen LogP contribution in [0.5, 0.6) is 0 Å². The van der Waals surface area contributed by atoms with Crippen LogP contribution in [0.3, 0.4) is 0 Å². The van der Waals surface area contributed by atoms with E-state index in [4.69, 9.17) is 0 Å². The highest BCUT2D eigenvalue weighted by Crippen LogP contribution is 2.20. The van der Waals surface area contributed by atoms with Crippen molar-refractivity contribution in [2.45, 2.75) is 6.92 Å². The molecule has 1 aliphatic rings. The van der Waals surface area contributed by atoms with Crippen molar-refractivity contribution in [1.29, 1.82) is 0 Å². The molecule has 6 heteroatoms. The summed E-state index contributed by atoms with van der Waals surface area (Å²) in [4.78, 5) is 25.9. The van der Waals surface area contributed by atoms with Crippen molar-refractivity contribution in [3.8, 4) is 0 Å². The first-order valence-electron chi connectivity index (χ1n) is 9.45. The van der Waals surface area contributed by atoms with Crippen LogP contribution in [0.1, 0.15) is 16.1 Å². The Kier molecular flexibility index (Phi) is 5.19. The van der Waals surface area contributed by atoms with Gasteiger partial charge in [-0.15, -0.1) is 0 Å². The first-order valence-corrected chi connectivity index (χ1v) is 9.45. The van der Waals surface area contributed by atoms with E-state index >= 15 is 0 Å². The van der Waals surface area contributed by atoms with Crippen LogP contribution in [0.25, 0.3) is 0 Å². The molecule has 0 unspecified atom stereocenters. The number of aryl methyl sites for hydroxylation is 1. The summed E-state index contributed by atoms with van der Waals surface area (Å²) in [6, 6.07) is 17.5. The Morgan fingerprint density at radius 2 is 1.64 bits per heavy atom. The third kappa shape index (κ3) is 3.96. The number of hydrogen-bond acceptors (Lipinski definition) is 5. The molecule has 1 aromatic carbocycles. The number of pyridine rings is 2. The molecule has 0 saturated carbocycles. The molecular weight excluding hydrogens is 350 g/mol. The Bertz CT molecular complexity index is 952. The van der Waals surface area contributed by atoms with E-state index in [0.29, 0.717) is 5.69 Å². The molecule has 4 rings (SSSR count). The fourth-order valence-electron chi connectivity index (χ4n) is 3.37. The second kappa shape index (κ2) is 8.08. The van der Waals surface area contributed by atoms with Crippen LogP contribution in [0.15, 0.2) is 67.0 Å². The molecule has 1 N–H and O–H groups in total. The maximum absolute atomic E-state index is 12.6. The lowest BCUT2D eigenvalue weighted by atomic mass is 10.2. The summed E-state index contributed by atoms with van der Waals surface area (Å²) in [6.45, 7) is 5.51. The van der Waals surface area contributed by atoms with Gasteiger partial charge >= 0.3 is 0 Å².